The van der Waals surface area contributed by atoms with Gasteiger partial charge in [-0.15, -0.1) is 0 Å². The molecule has 3 aliphatic rings. The fraction of sp³-hybridized carbons (Fsp3) is 0.480. The molecule has 1 aromatic heterocycles. The largest absolute Gasteiger partial charge is 0.354 e. The molecule has 0 bridgehead atoms. The summed E-state index contributed by atoms with van der Waals surface area (Å²) in [7, 11) is 2.16. The standard InChI is InChI=1S/C25H35N7/c1-4-6-19(7-5-2)8-12-22-26-24(18-25(28-22)32-16-14-31(3)15-17-32)27-23-13-11-21(29-30-23)20-9-10-20/h4-8,12,18,20-21,29H,1,9-11,13-17H2,2-3H3,(H,26,27,28,30)/b7-5-,12-8+,19-6+. The second-order valence-electron chi connectivity index (χ2n) is 8.78. The zero-order valence-corrected chi connectivity index (χ0v) is 19.3. The monoisotopic (exact) mass is 433 g/mol. The number of amidine groups is 1. The average Bonchev–Trinajstić information content (AvgIpc) is 3.64. The van der Waals surface area contributed by atoms with Crippen molar-refractivity contribution in [3.05, 3.63) is 54.4 Å². The first kappa shape index (κ1) is 22.4. The van der Waals surface area contributed by atoms with Gasteiger partial charge in [0.05, 0.1) is 0 Å². The van der Waals surface area contributed by atoms with E-state index in [1.54, 1.807) is 6.08 Å². The number of anilines is 1. The second-order valence-corrected chi connectivity index (χ2v) is 8.78. The van der Waals surface area contributed by atoms with E-state index in [0.717, 1.165) is 62.2 Å². The lowest BCUT2D eigenvalue weighted by Crippen LogP contribution is -2.50. The molecule has 3 heterocycles. The van der Waals surface area contributed by atoms with Gasteiger partial charge in [-0.1, -0.05) is 37.0 Å². The van der Waals surface area contributed by atoms with E-state index in [1.807, 2.05) is 43.4 Å². The molecule has 0 spiro atoms. The molecule has 0 amide bonds. The molecule has 2 N–H and O–H groups in total. The summed E-state index contributed by atoms with van der Waals surface area (Å²) in [6.07, 6.45) is 16.5. The Balaban J connectivity index is 1.57. The maximum absolute atomic E-state index is 4.84. The molecule has 4 rings (SSSR count). The Bertz CT molecular complexity index is 908. The van der Waals surface area contributed by atoms with Gasteiger partial charge in [0.1, 0.15) is 11.7 Å². The van der Waals surface area contributed by atoms with Crippen LogP contribution in [0.1, 0.15) is 38.4 Å². The van der Waals surface area contributed by atoms with Crippen molar-refractivity contribution in [1.29, 1.82) is 0 Å². The van der Waals surface area contributed by atoms with E-state index in [1.165, 1.54) is 12.8 Å². The van der Waals surface area contributed by atoms with Gasteiger partial charge in [0, 0.05) is 44.7 Å². The predicted molar refractivity (Wildman–Crippen MR) is 133 cm³/mol. The van der Waals surface area contributed by atoms with Crippen molar-refractivity contribution >= 4 is 23.5 Å². The number of nitrogens with one attached hydrogen (secondary N) is 2. The van der Waals surface area contributed by atoms with Gasteiger partial charge in [-0.3, -0.25) is 0 Å². The maximum atomic E-state index is 4.84. The van der Waals surface area contributed by atoms with Gasteiger partial charge >= 0.3 is 0 Å². The molecular weight excluding hydrogens is 398 g/mol. The third kappa shape index (κ3) is 6.14. The van der Waals surface area contributed by atoms with Crippen molar-refractivity contribution in [2.24, 2.45) is 10.9 Å². The highest BCUT2D eigenvalue weighted by molar-refractivity contribution is 5.84. The van der Waals surface area contributed by atoms with E-state index in [2.05, 4.69) is 34.3 Å². The van der Waals surface area contributed by atoms with E-state index < -0.39 is 0 Å². The van der Waals surface area contributed by atoms with Crippen LogP contribution in [-0.2, 0) is 0 Å². The number of aliphatic imine (C=N–C) groups is 1. The Hall–Kier alpha value is -2.77. The van der Waals surface area contributed by atoms with E-state index in [9.17, 15) is 0 Å². The fourth-order valence-corrected chi connectivity index (χ4v) is 4.11. The van der Waals surface area contributed by atoms with Crippen molar-refractivity contribution in [2.75, 3.05) is 38.1 Å². The van der Waals surface area contributed by atoms with Crippen LogP contribution in [0.2, 0.25) is 0 Å². The number of nitrogens with zero attached hydrogens (tertiary/aromatic N) is 5. The first-order valence-electron chi connectivity index (χ1n) is 11.7. The first-order chi connectivity index (χ1) is 15.6. The number of rotatable bonds is 7. The number of hydrazine groups is 1. The van der Waals surface area contributed by atoms with Crippen LogP contribution in [0.3, 0.4) is 0 Å². The molecule has 1 aliphatic carbocycles. The van der Waals surface area contributed by atoms with Gasteiger partial charge in [0.15, 0.2) is 11.6 Å². The van der Waals surface area contributed by atoms with E-state index in [-0.39, 0.29) is 0 Å². The van der Waals surface area contributed by atoms with Gasteiger partial charge in [-0.2, -0.15) is 0 Å². The summed E-state index contributed by atoms with van der Waals surface area (Å²) >= 11 is 0. The Morgan fingerprint density at radius 3 is 2.62 bits per heavy atom. The van der Waals surface area contributed by atoms with Crippen LogP contribution in [0.25, 0.3) is 6.08 Å². The first-order valence-corrected chi connectivity index (χ1v) is 11.7. The molecule has 1 aromatic rings. The highest BCUT2D eigenvalue weighted by Crippen LogP contribution is 2.35. The lowest BCUT2D eigenvalue weighted by molar-refractivity contribution is 0.312. The number of likely N-dealkylation sites (N-methyl/N-ethyl adjacent to an activating group) is 1. The van der Waals surface area contributed by atoms with Crippen molar-refractivity contribution < 1.29 is 0 Å². The highest BCUT2D eigenvalue weighted by Gasteiger charge is 2.33. The Morgan fingerprint density at radius 1 is 1.16 bits per heavy atom. The third-order valence-electron chi connectivity index (χ3n) is 6.17. The third-order valence-corrected chi connectivity index (χ3v) is 6.17. The van der Waals surface area contributed by atoms with Crippen LogP contribution in [0.5, 0.6) is 0 Å². The van der Waals surface area contributed by atoms with Crippen LogP contribution in [0, 0.1) is 5.92 Å². The summed E-state index contributed by atoms with van der Waals surface area (Å²) < 4.78 is 0. The van der Waals surface area contributed by atoms with Crippen LogP contribution in [0.4, 0.5) is 11.6 Å². The summed E-state index contributed by atoms with van der Waals surface area (Å²) in [6, 6.07) is 2.58. The van der Waals surface area contributed by atoms with Crippen molar-refractivity contribution in [3.8, 4) is 0 Å². The van der Waals surface area contributed by atoms with Gasteiger partial charge in [-0.05, 0) is 50.8 Å². The summed E-state index contributed by atoms with van der Waals surface area (Å²) in [5, 5.41) is 0. The minimum Gasteiger partial charge on any atom is -0.354 e. The van der Waals surface area contributed by atoms with Crippen LogP contribution < -0.4 is 15.8 Å². The smallest absolute Gasteiger partial charge is 0.160 e. The van der Waals surface area contributed by atoms with Crippen LogP contribution in [-0.4, -0.2) is 60.0 Å². The molecule has 0 aromatic carbocycles. The Kier molecular flexibility index (Phi) is 7.50. The molecule has 3 fully saturated rings. The zero-order chi connectivity index (χ0) is 22.3. The van der Waals surface area contributed by atoms with Gasteiger partial charge in [0.2, 0.25) is 0 Å². The number of piperazine rings is 1. The van der Waals surface area contributed by atoms with Crippen LogP contribution in [0.15, 0.2) is 53.6 Å². The zero-order valence-electron chi connectivity index (χ0n) is 19.3. The number of allylic oxidation sites excluding steroid dienone is 6. The number of hydrogen-bond acceptors (Lipinski definition) is 6. The van der Waals surface area contributed by atoms with Crippen LogP contribution >= 0.6 is 0 Å². The molecule has 7 heteroatoms. The molecule has 1 unspecified atom stereocenters. The highest BCUT2D eigenvalue weighted by atomic mass is 15.4. The molecule has 0 radical (unpaired) electrons. The van der Waals surface area contributed by atoms with Crippen molar-refractivity contribution in [2.45, 2.75) is 38.6 Å². The van der Waals surface area contributed by atoms with E-state index >= 15 is 0 Å². The predicted octanol–water partition coefficient (Wildman–Crippen LogP) is 3.63. The van der Waals surface area contributed by atoms with Gasteiger partial charge < -0.3 is 15.2 Å². The lowest BCUT2D eigenvalue weighted by Gasteiger charge is -2.33. The molecular formula is C25H35N7. The van der Waals surface area contributed by atoms with Crippen molar-refractivity contribution in [1.82, 2.24) is 25.7 Å². The SMILES string of the molecule is C=C/C=C(\C=C/C)/C=C/c1nc(/N=C2\CCC(C3CC3)NN2)cc(N2CCN(C)CC2)n1. The minimum absolute atomic E-state index is 0.570. The molecule has 2 saturated heterocycles. The molecule has 170 valence electrons. The van der Waals surface area contributed by atoms with Gasteiger partial charge in [-0.25, -0.2) is 20.4 Å². The normalized spacial score (nSPS) is 24.4. The molecule has 1 atom stereocenters. The Morgan fingerprint density at radius 2 is 1.97 bits per heavy atom. The topological polar surface area (TPSA) is 68.7 Å². The summed E-state index contributed by atoms with van der Waals surface area (Å²) in [6.45, 7) is 9.77. The lowest BCUT2D eigenvalue weighted by atomic mass is 10.1. The fourth-order valence-electron chi connectivity index (χ4n) is 4.11. The quantitative estimate of drug-likeness (QED) is 0.640. The van der Waals surface area contributed by atoms with E-state index in [0.29, 0.717) is 17.7 Å². The second kappa shape index (κ2) is 10.7. The Labute approximate surface area is 191 Å². The summed E-state index contributed by atoms with van der Waals surface area (Å²) in [5.74, 6) is 4.08. The van der Waals surface area contributed by atoms with E-state index in [4.69, 9.17) is 15.0 Å². The summed E-state index contributed by atoms with van der Waals surface area (Å²) in [5.41, 5.74) is 7.81. The number of aromatic nitrogens is 2. The number of hydrogen-bond donors (Lipinski definition) is 2. The molecule has 1 saturated carbocycles. The molecule has 32 heavy (non-hydrogen) atoms. The van der Waals surface area contributed by atoms with Crippen molar-refractivity contribution in [3.63, 3.8) is 0 Å². The summed E-state index contributed by atoms with van der Waals surface area (Å²) in [4.78, 5) is 19.1. The maximum Gasteiger partial charge on any atom is 0.160 e. The van der Waals surface area contributed by atoms with Gasteiger partial charge in [0.25, 0.3) is 0 Å². The average molecular weight is 434 g/mol. The molecule has 7 nitrogen and oxygen atoms in total. The molecule has 2 aliphatic heterocycles. The minimum atomic E-state index is 0.570.